The van der Waals surface area contributed by atoms with Crippen molar-refractivity contribution in [3.05, 3.63) is 75.5 Å². The van der Waals surface area contributed by atoms with E-state index < -0.39 is 11.7 Å². The molecule has 0 spiro atoms. The van der Waals surface area contributed by atoms with E-state index in [9.17, 15) is 18.8 Å². The first kappa shape index (κ1) is 23.5. The maximum absolute atomic E-state index is 14.6. The number of aromatic nitrogens is 2. The molecule has 1 aromatic heterocycles. The lowest BCUT2D eigenvalue weighted by Gasteiger charge is -2.35. The van der Waals surface area contributed by atoms with Gasteiger partial charge in [0.1, 0.15) is 5.82 Å². The summed E-state index contributed by atoms with van der Waals surface area (Å²) in [7, 11) is 0. The molecule has 1 aliphatic rings. The highest BCUT2D eigenvalue weighted by Gasteiger charge is 2.26. The van der Waals surface area contributed by atoms with Crippen molar-refractivity contribution in [3.8, 4) is 0 Å². The zero-order valence-corrected chi connectivity index (χ0v) is 18.7. The number of nitrogens with zero attached hydrogens (tertiary/aromatic N) is 3. The molecule has 10 heteroatoms. The van der Waals surface area contributed by atoms with Crippen molar-refractivity contribution < 1.29 is 14.0 Å². The first-order valence-electron chi connectivity index (χ1n) is 11.2. The van der Waals surface area contributed by atoms with Crippen molar-refractivity contribution in [1.82, 2.24) is 25.3 Å². The molecule has 178 valence electrons. The van der Waals surface area contributed by atoms with Crippen LogP contribution in [0.1, 0.15) is 21.6 Å². The molecule has 0 saturated carbocycles. The van der Waals surface area contributed by atoms with E-state index in [1.165, 1.54) is 12.1 Å². The zero-order valence-electron chi connectivity index (χ0n) is 18.7. The Hall–Kier alpha value is -3.63. The maximum Gasteiger partial charge on any atom is 0.272 e. The number of carbonyl (C=O) groups is 2. The molecule has 34 heavy (non-hydrogen) atoms. The van der Waals surface area contributed by atoms with Crippen LogP contribution in [0.5, 0.6) is 0 Å². The summed E-state index contributed by atoms with van der Waals surface area (Å²) >= 11 is 0. The summed E-state index contributed by atoms with van der Waals surface area (Å²) in [5, 5.41) is 10.9. The third-order valence-corrected chi connectivity index (χ3v) is 5.92. The van der Waals surface area contributed by atoms with Crippen LogP contribution in [0.4, 0.5) is 4.39 Å². The van der Waals surface area contributed by atoms with Crippen LogP contribution in [0, 0.1) is 5.82 Å². The van der Waals surface area contributed by atoms with Gasteiger partial charge in [-0.2, -0.15) is 5.10 Å². The second-order valence-corrected chi connectivity index (χ2v) is 8.17. The highest BCUT2D eigenvalue weighted by molar-refractivity contribution is 5.95. The molecule has 0 radical (unpaired) electrons. The van der Waals surface area contributed by atoms with Crippen LogP contribution in [-0.2, 0) is 11.2 Å². The number of benzene rings is 2. The number of H-pyrrole nitrogens is 1. The average Bonchev–Trinajstić information content (AvgIpc) is 2.87. The van der Waals surface area contributed by atoms with Gasteiger partial charge in [0, 0.05) is 51.1 Å². The van der Waals surface area contributed by atoms with Gasteiger partial charge in [0.2, 0.25) is 5.91 Å². The van der Waals surface area contributed by atoms with Crippen LogP contribution in [0.25, 0.3) is 10.8 Å². The van der Waals surface area contributed by atoms with Crippen LogP contribution < -0.4 is 16.6 Å². The molecule has 2 heterocycles. The third kappa shape index (κ3) is 5.13. The summed E-state index contributed by atoms with van der Waals surface area (Å²) in [6, 6.07) is 11.6. The van der Waals surface area contributed by atoms with E-state index in [0.29, 0.717) is 67.7 Å². The number of hydrogen-bond donors (Lipinski definition) is 3. The van der Waals surface area contributed by atoms with Gasteiger partial charge >= 0.3 is 0 Å². The minimum atomic E-state index is -0.600. The van der Waals surface area contributed by atoms with Gasteiger partial charge in [-0.25, -0.2) is 9.49 Å². The van der Waals surface area contributed by atoms with Gasteiger partial charge in [-0.3, -0.25) is 14.4 Å². The molecule has 4 rings (SSSR count). The van der Waals surface area contributed by atoms with Gasteiger partial charge in [0.05, 0.1) is 23.2 Å². The van der Waals surface area contributed by atoms with Crippen molar-refractivity contribution in [2.75, 3.05) is 45.8 Å². The van der Waals surface area contributed by atoms with Crippen LogP contribution in [-0.4, -0.2) is 77.6 Å². The van der Waals surface area contributed by atoms with Crippen LogP contribution in [0.2, 0.25) is 0 Å². The Bertz CT molecular complexity index is 1250. The molecule has 1 aliphatic heterocycles. The molecule has 1 fully saturated rings. The molecule has 2 aromatic carbocycles. The molecule has 1 saturated heterocycles. The van der Waals surface area contributed by atoms with Crippen molar-refractivity contribution >= 4 is 22.6 Å². The molecule has 0 atom stereocenters. The number of nitrogens with two attached hydrogens (primary N) is 1. The third-order valence-electron chi connectivity index (χ3n) is 5.92. The Balaban J connectivity index is 1.46. The molecule has 9 nitrogen and oxygen atoms in total. The molecule has 4 N–H and O–H groups in total. The Morgan fingerprint density at radius 3 is 2.50 bits per heavy atom. The predicted molar refractivity (Wildman–Crippen MR) is 126 cm³/mol. The number of halogens is 1. The summed E-state index contributed by atoms with van der Waals surface area (Å²) < 4.78 is 14.6. The molecular weight excluding hydrogens is 439 g/mol. The molecular formula is C24H27FN6O3. The van der Waals surface area contributed by atoms with Gasteiger partial charge in [-0.05, 0) is 23.8 Å². The first-order valence-corrected chi connectivity index (χ1v) is 11.2. The first-order chi connectivity index (χ1) is 16.5. The van der Waals surface area contributed by atoms with Gasteiger partial charge in [0.25, 0.3) is 11.5 Å². The summed E-state index contributed by atoms with van der Waals surface area (Å²) in [4.78, 5) is 40.6. The Labute approximate surface area is 195 Å². The number of fused-ring (bicyclic) bond motifs is 1. The monoisotopic (exact) mass is 466 g/mol. The fourth-order valence-electron chi connectivity index (χ4n) is 4.08. The van der Waals surface area contributed by atoms with Gasteiger partial charge in [0.15, 0.2) is 0 Å². The average molecular weight is 467 g/mol. The Kier molecular flexibility index (Phi) is 7.29. The molecule has 2 amide bonds. The Morgan fingerprint density at radius 1 is 1.06 bits per heavy atom. The van der Waals surface area contributed by atoms with E-state index >= 15 is 0 Å². The van der Waals surface area contributed by atoms with Crippen LogP contribution >= 0.6 is 0 Å². The predicted octanol–water partition coefficient (Wildman–Crippen LogP) is 0.486. The van der Waals surface area contributed by atoms with E-state index in [1.54, 1.807) is 28.0 Å². The van der Waals surface area contributed by atoms with E-state index in [0.717, 1.165) is 0 Å². The molecule has 0 aliphatic carbocycles. The fourth-order valence-corrected chi connectivity index (χ4v) is 4.08. The van der Waals surface area contributed by atoms with E-state index in [1.807, 2.05) is 12.1 Å². The quantitative estimate of drug-likeness (QED) is 0.435. The van der Waals surface area contributed by atoms with Crippen molar-refractivity contribution in [3.63, 3.8) is 0 Å². The van der Waals surface area contributed by atoms with Crippen molar-refractivity contribution in [2.24, 2.45) is 5.73 Å². The Morgan fingerprint density at radius 2 is 1.76 bits per heavy atom. The minimum absolute atomic E-state index is 0.0179. The topological polar surface area (TPSA) is 124 Å². The molecule has 0 bridgehead atoms. The van der Waals surface area contributed by atoms with E-state index in [4.69, 9.17) is 5.73 Å². The van der Waals surface area contributed by atoms with Crippen LogP contribution in [0.15, 0.2) is 47.3 Å². The van der Waals surface area contributed by atoms with E-state index in [-0.39, 0.29) is 23.6 Å². The number of nitrogens with one attached hydrogen (secondary N) is 2. The van der Waals surface area contributed by atoms with Gasteiger partial charge < -0.3 is 20.9 Å². The highest BCUT2D eigenvalue weighted by atomic mass is 19.1. The number of rotatable bonds is 7. The summed E-state index contributed by atoms with van der Waals surface area (Å²) in [6.45, 7) is 2.66. The number of piperazine rings is 1. The summed E-state index contributed by atoms with van der Waals surface area (Å²) in [5.41, 5.74) is 6.46. The smallest absolute Gasteiger partial charge is 0.272 e. The molecule has 3 aromatic rings. The summed E-state index contributed by atoms with van der Waals surface area (Å²) in [6.07, 6.45) is 0.329. The standard InChI is InChI=1S/C24H27FN6O3/c25-20-6-5-16(14-21-17-3-1-2-4-18(17)23(33)29-28-21)13-19(20)24(34)31-11-9-30(10-12-31)22(32)15-27-8-7-26/h1-6,13,27H,7-12,14-15,26H2,(H,29,33). The number of carbonyl (C=O) groups excluding carboxylic acids is 2. The maximum atomic E-state index is 14.6. The number of hydrogen-bond acceptors (Lipinski definition) is 6. The lowest BCUT2D eigenvalue weighted by molar-refractivity contribution is -0.131. The summed E-state index contributed by atoms with van der Waals surface area (Å²) in [5.74, 6) is -1.06. The fraction of sp³-hybridized carbons (Fsp3) is 0.333. The SMILES string of the molecule is NCCNCC(=O)N1CCN(C(=O)c2cc(Cc3n[nH]c(=O)c4ccccc34)ccc2F)CC1. The van der Waals surface area contributed by atoms with Crippen LogP contribution in [0.3, 0.4) is 0 Å². The highest BCUT2D eigenvalue weighted by Crippen LogP contribution is 2.20. The van der Waals surface area contributed by atoms with E-state index in [2.05, 4.69) is 15.5 Å². The second kappa shape index (κ2) is 10.5. The number of amides is 2. The normalized spacial score (nSPS) is 13.9. The minimum Gasteiger partial charge on any atom is -0.338 e. The lowest BCUT2D eigenvalue weighted by atomic mass is 10.0. The lowest BCUT2D eigenvalue weighted by Crippen LogP contribution is -2.52. The largest absolute Gasteiger partial charge is 0.338 e. The molecule has 0 unspecified atom stereocenters. The number of aromatic amines is 1. The zero-order chi connectivity index (χ0) is 24.1. The van der Waals surface area contributed by atoms with Crippen molar-refractivity contribution in [2.45, 2.75) is 6.42 Å². The second-order valence-electron chi connectivity index (χ2n) is 8.17. The van der Waals surface area contributed by atoms with Gasteiger partial charge in [-0.1, -0.05) is 24.3 Å². The van der Waals surface area contributed by atoms with Gasteiger partial charge in [-0.15, -0.1) is 0 Å². The van der Waals surface area contributed by atoms with Crippen molar-refractivity contribution in [1.29, 1.82) is 0 Å².